The Morgan fingerprint density at radius 2 is 1.57 bits per heavy atom. The smallest absolute Gasteiger partial charge is 0.251 e. The first kappa shape index (κ1) is 21.0. The first-order valence-corrected chi connectivity index (χ1v) is 8.99. The van der Waals surface area contributed by atoms with E-state index in [1.165, 1.54) is 11.9 Å². The zero-order chi connectivity index (χ0) is 20.5. The Kier molecular flexibility index (Phi) is 7.56. The van der Waals surface area contributed by atoms with Crippen LogP contribution < -0.4 is 15.4 Å². The van der Waals surface area contributed by atoms with Gasteiger partial charge in [-0.15, -0.1) is 0 Å². The Labute approximate surface area is 164 Å². The van der Waals surface area contributed by atoms with Crippen LogP contribution in [0.3, 0.4) is 0 Å². The van der Waals surface area contributed by atoms with Crippen LogP contribution >= 0.6 is 0 Å². The fourth-order valence-electron chi connectivity index (χ4n) is 2.36. The number of amides is 3. The van der Waals surface area contributed by atoms with Crippen molar-refractivity contribution < 1.29 is 19.1 Å². The number of carbonyl (C=O) groups excluding carboxylic acids is 3. The van der Waals surface area contributed by atoms with Gasteiger partial charge >= 0.3 is 0 Å². The lowest BCUT2D eigenvalue weighted by Crippen LogP contribution is -2.44. The molecular formula is C21H25N3O4. The number of rotatable bonds is 8. The fourth-order valence-corrected chi connectivity index (χ4v) is 2.36. The van der Waals surface area contributed by atoms with E-state index >= 15 is 0 Å². The van der Waals surface area contributed by atoms with Gasteiger partial charge in [0, 0.05) is 18.7 Å². The molecule has 0 bridgehead atoms. The topological polar surface area (TPSA) is 87.7 Å². The lowest BCUT2D eigenvalue weighted by Gasteiger charge is -2.18. The second-order valence-corrected chi connectivity index (χ2v) is 6.59. The van der Waals surface area contributed by atoms with Crippen molar-refractivity contribution in [2.24, 2.45) is 0 Å². The number of nitrogens with one attached hydrogen (secondary N) is 2. The number of hydrogen-bond acceptors (Lipinski definition) is 4. The number of likely N-dealkylation sites (N-methyl/N-ethyl adjacent to an activating group) is 1. The molecule has 2 rings (SSSR count). The normalized spacial score (nSPS) is 10.3. The van der Waals surface area contributed by atoms with Crippen LogP contribution in [0.15, 0.2) is 54.6 Å². The molecule has 0 aliphatic rings. The van der Waals surface area contributed by atoms with Gasteiger partial charge in [-0.1, -0.05) is 18.2 Å². The number of para-hydroxylation sites is 1. The molecule has 2 aromatic rings. The maximum Gasteiger partial charge on any atom is 0.251 e. The second-order valence-electron chi connectivity index (χ2n) is 6.59. The van der Waals surface area contributed by atoms with Crippen molar-refractivity contribution in [3.63, 3.8) is 0 Å². The third kappa shape index (κ3) is 6.75. The Balaban J connectivity index is 1.82. The van der Waals surface area contributed by atoms with Crippen molar-refractivity contribution >= 4 is 17.7 Å². The molecule has 7 heteroatoms. The van der Waals surface area contributed by atoms with Crippen molar-refractivity contribution in [2.45, 2.75) is 19.9 Å². The summed E-state index contributed by atoms with van der Waals surface area (Å²) in [6.45, 7) is 3.44. The van der Waals surface area contributed by atoms with E-state index < -0.39 is 0 Å². The first-order valence-electron chi connectivity index (χ1n) is 8.99. The molecule has 0 saturated heterocycles. The van der Waals surface area contributed by atoms with E-state index in [0.717, 1.165) is 0 Å². The summed E-state index contributed by atoms with van der Waals surface area (Å²) in [7, 11) is 1.52. The van der Waals surface area contributed by atoms with Gasteiger partial charge in [0.1, 0.15) is 11.5 Å². The van der Waals surface area contributed by atoms with Gasteiger partial charge in [-0.3, -0.25) is 14.4 Å². The maximum absolute atomic E-state index is 12.2. The lowest BCUT2D eigenvalue weighted by molar-refractivity contribution is -0.134. The molecule has 7 nitrogen and oxygen atoms in total. The summed E-state index contributed by atoms with van der Waals surface area (Å²) in [4.78, 5) is 37.2. The number of hydrogen-bond donors (Lipinski definition) is 2. The van der Waals surface area contributed by atoms with Gasteiger partial charge in [0.15, 0.2) is 0 Å². The molecule has 0 spiro atoms. The van der Waals surface area contributed by atoms with E-state index in [1.807, 2.05) is 44.2 Å². The summed E-state index contributed by atoms with van der Waals surface area (Å²) in [5, 5.41) is 5.27. The molecule has 0 radical (unpaired) electrons. The number of ether oxygens (including phenoxy) is 1. The standard InChI is InChI=1S/C21H25N3O4/c1-15(2)23-19(25)14-24(3)20(26)13-22-21(27)16-9-11-18(12-10-16)28-17-7-5-4-6-8-17/h4-12,15H,13-14H2,1-3H3,(H,22,27)(H,23,25). The van der Waals surface area contributed by atoms with Crippen molar-refractivity contribution in [2.75, 3.05) is 20.1 Å². The summed E-state index contributed by atoms with van der Waals surface area (Å²) in [5.74, 6) is 0.340. The Morgan fingerprint density at radius 1 is 0.964 bits per heavy atom. The van der Waals surface area contributed by atoms with Gasteiger partial charge in [0.25, 0.3) is 5.91 Å². The second kappa shape index (κ2) is 10.1. The Bertz CT molecular complexity index is 804. The zero-order valence-electron chi connectivity index (χ0n) is 16.3. The molecule has 28 heavy (non-hydrogen) atoms. The van der Waals surface area contributed by atoms with Gasteiger partial charge in [-0.2, -0.15) is 0 Å². The van der Waals surface area contributed by atoms with E-state index in [-0.39, 0.29) is 36.9 Å². The molecule has 148 valence electrons. The largest absolute Gasteiger partial charge is 0.457 e. The van der Waals surface area contributed by atoms with Crippen LogP contribution in [0.4, 0.5) is 0 Å². The molecule has 0 aromatic heterocycles. The Morgan fingerprint density at radius 3 is 2.18 bits per heavy atom. The highest BCUT2D eigenvalue weighted by Crippen LogP contribution is 2.21. The minimum absolute atomic E-state index is 0.00421. The van der Waals surface area contributed by atoms with E-state index in [1.54, 1.807) is 24.3 Å². The average Bonchev–Trinajstić information content (AvgIpc) is 2.66. The van der Waals surface area contributed by atoms with Crippen LogP contribution in [0.25, 0.3) is 0 Å². The summed E-state index contributed by atoms with van der Waals surface area (Å²) in [5.41, 5.74) is 0.411. The van der Waals surface area contributed by atoms with E-state index in [0.29, 0.717) is 17.1 Å². The molecular weight excluding hydrogens is 358 g/mol. The summed E-state index contributed by atoms with van der Waals surface area (Å²) in [6, 6.07) is 15.9. The SMILES string of the molecule is CC(C)NC(=O)CN(C)C(=O)CNC(=O)c1ccc(Oc2ccccc2)cc1. The zero-order valence-corrected chi connectivity index (χ0v) is 16.3. The van der Waals surface area contributed by atoms with Crippen LogP contribution in [0.2, 0.25) is 0 Å². The van der Waals surface area contributed by atoms with Crippen LogP contribution in [-0.2, 0) is 9.59 Å². The third-order valence-electron chi connectivity index (χ3n) is 3.75. The van der Waals surface area contributed by atoms with Crippen LogP contribution in [0.1, 0.15) is 24.2 Å². The predicted molar refractivity (Wildman–Crippen MR) is 106 cm³/mol. The van der Waals surface area contributed by atoms with Crippen LogP contribution in [0, 0.1) is 0 Å². The molecule has 2 N–H and O–H groups in total. The molecule has 0 aliphatic heterocycles. The minimum atomic E-state index is -0.375. The van der Waals surface area contributed by atoms with Crippen molar-refractivity contribution in [1.29, 1.82) is 0 Å². The fraction of sp³-hybridized carbons (Fsp3) is 0.286. The van der Waals surface area contributed by atoms with E-state index in [2.05, 4.69) is 10.6 Å². The third-order valence-corrected chi connectivity index (χ3v) is 3.75. The molecule has 3 amide bonds. The Hall–Kier alpha value is -3.35. The highest BCUT2D eigenvalue weighted by molar-refractivity contribution is 5.96. The summed E-state index contributed by atoms with van der Waals surface area (Å²) in [6.07, 6.45) is 0. The van der Waals surface area contributed by atoms with Gasteiger partial charge in [0.2, 0.25) is 11.8 Å². The average molecular weight is 383 g/mol. The molecule has 0 heterocycles. The summed E-state index contributed by atoms with van der Waals surface area (Å²) >= 11 is 0. The molecule has 0 aliphatic carbocycles. The van der Waals surface area contributed by atoms with E-state index in [9.17, 15) is 14.4 Å². The molecule has 0 atom stereocenters. The maximum atomic E-state index is 12.2. The quantitative estimate of drug-likeness (QED) is 0.731. The molecule has 0 unspecified atom stereocenters. The first-order chi connectivity index (χ1) is 13.3. The molecule has 2 aromatic carbocycles. The molecule has 0 saturated carbocycles. The van der Waals surface area contributed by atoms with Gasteiger partial charge in [-0.05, 0) is 50.2 Å². The van der Waals surface area contributed by atoms with Gasteiger partial charge < -0.3 is 20.3 Å². The predicted octanol–water partition coefficient (Wildman–Crippen LogP) is 2.19. The van der Waals surface area contributed by atoms with Crippen LogP contribution in [0.5, 0.6) is 11.5 Å². The van der Waals surface area contributed by atoms with Gasteiger partial charge in [-0.25, -0.2) is 0 Å². The number of benzene rings is 2. The highest BCUT2D eigenvalue weighted by atomic mass is 16.5. The molecule has 0 fully saturated rings. The van der Waals surface area contributed by atoms with Crippen LogP contribution in [-0.4, -0.2) is 48.8 Å². The monoisotopic (exact) mass is 383 g/mol. The van der Waals surface area contributed by atoms with Crippen molar-refractivity contribution in [3.05, 3.63) is 60.2 Å². The lowest BCUT2D eigenvalue weighted by atomic mass is 10.2. The number of carbonyl (C=O) groups is 3. The van der Waals surface area contributed by atoms with Crippen molar-refractivity contribution in [3.8, 4) is 11.5 Å². The number of nitrogens with zero attached hydrogens (tertiary/aromatic N) is 1. The highest BCUT2D eigenvalue weighted by Gasteiger charge is 2.15. The van der Waals surface area contributed by atoms with Crippen molar-refractivity contribution in [1.82, 2.24) is 15.5 Å². The van der Waals surface area contributed by atoms with E-state index in [4.69, 9.17) is 4.74 Å². The minimum Gasteiger partial charge on any atom is -0.457 e. The van der Waals surface area contributed by atoms with Gasteiger partial charge in [0.05, 0.1) is 13.1 Å². The summed E-state index contributed by atoms with van der Waals surface area (Å²) < 4.78 is 5.68.